The van der Waals surface area contributed by atoms with Crippen LogP contribution in [0.15, 0.2) is 0 Å². The highest BCUT2D eigenvalue weighted by molar-refractivity contribution is 7.84. The summed E-state index contributed by atoms with van der Waals surface area (Å²) in [7, 11) is -1.95. The van der Waals surface area contributed by atoms with Crippen molar-refractivity contribution in [2.45, 2.75) is 76.3 Å². The SMILES string of the molecule is CCCCCC[C@](C#N)(NS(=O)C(C)(C)C)C(F)(F)F. The maximum atomic E-state index is 13.2. The molecule has 0 aliphatic rings. The van der Waals surface area contributed by atoms with E-state index in [0.29, 0.717) is 6.42 Å². The van der Waals surface area contributed by atoms with Crippen LogP contribution in [-0.2, 0) is 11.0 Å². The molecular formula is C13H23F3N2OS. The molecule has 0 heterocycles. The van der Waals surface area contributed by atoms with E-state index in [1.807, 2.05) is 11.6 Å². The van der Waals surface area contributed by atoms with Gasteiger partial charge in [0.1, 0.15) is 0 Å². The Morgan fingerprint density at radius 1 is 1.15 bits per heavy atom. The zero-order valence-electron chi connectivity index (χ0n) is 12.4. The molecule has 1 N–H and O–H groups in total. The number of unbranched alkanes of at least 4 members (excludes halogenated alkanes) is 3. The Labute approximate surface area is 121 Å². The zero-order chi connectivity index (χ0) is 16.0. The molecule has 0 aromatic heterocycles. The van der Waals surface area contributed by atoms with E-state index in [9.17, 15) is 17.4 Å². The van der Waals surface area contributed by atoms with Crippen molar-refractivity contribution in [3.8, 4) is 6.07 Å². The van der Waals surface area contributed by atoms with Crippen molar-refractivity contribution in [3.63, 3.8) is 0 Å². The molecule has 0 saturated carbocycles. The molecule has 20 heavy (non-hydrogen) atoms. The van der Waals surface area contributed by atoms with Gasteiger partial charge >= 0.3 is 6.18 Å². The summed E-state index contributed by atoms with van der Waals surface area (Å²) < 4.78 is 52.7. The third-order valence-corrected chi connectivity index (χ3v) is 4.55. The van der Waals surface area contributed by atoms with Crippen molar-refractivity contribution in [1.82, 2.24) is 4.72 Å². The number of halogens is 3. The van der Waals surface area contributed by atoms with E-state index < -0.39 is 27.4 Å². The standard InChI is InChI=1S/C13H23F3N2OS/c1-5-6-7-8-9-12(10-17,13(14,15)16)18-20(19)11(2,3)4/h18H,5-9H2,1-4H3/t12-,20?/m1/s1. The number of nitrogens with zero attached hydrogens (tertiary/aromatic N) is 1. The molecule has 0 aromatic carbocycles. The minimum atomic E-state index is -4.76. The molecule has 0 aliphatic heterocycles. The monoisotopic (exact) mass is 312 g/mol. The number of nitriles is 1. The Morgan fingerprint density at radius 2 is 1.70 bits per heavy atom. The van der Waals surface area contributed by atoms with Crippen molar-refractivity contribution in [2.24, 2.45) is 0 Å². The van der Waals surface area contributed by atoms with Gasteiger partial charge in [-0.2, -0.15) is 18.4 Å². The quantitative estimate of drug-likeness (QED) is 0.726. The normalized spacial score (nSPS) is 17.3. The van der Waals surface area contributed by atoms with Crippen LogP contribution in [-0.4, -0.2) is 20.7 Å². The summed E-state index contributed by atoms with van der Waals surface area (Å²) >= 11 is 0. The van der Waals surface area contributed by atoms with Crippen molar-refractivity contribution < 1.29 is 17.4 Å². The fourth-order valence-electron chi connectivity index (χ4n) is 1.52. The molecule has 0 amide bonds. The predicted molar refractivity (Wildman–Crippen MR) is 74.2 cm³/mol. The summed E-state index contributed by atoms with van der Waals surface area (Å²) in [5, 5.41) is 9.02. The molecule has 0 rings (SSSR count). The Balaban J connectivity index is 5.07. The lowest BCUT2D eigenvalue weighted by Gasteiger charge is -2.32. The molecule has 0 aliphatic carbocycles. The smallest absolute Gasteiger partial charge is 0.242 e. The molecule has 3 nitrogen and oxygen atoms in total. The molecule has 0 spiro atoms. The summed E-state index contributed by atoms with van der Waals surface area (Å²) in [6.45, 7) is 6.64. The second-order valence-corrected chi connectivity index (χ2v) is 7.78. The number of hydrogen-bond acceptors (Lipinski definition) is 2. The van der Waals surface area contributed by atoms with Crippen molar-refractivity contribution in [3.05, 3.63) is 0 Å². The van der Waals surface area contributed by atoms with Crippen LogP contribution in [0.4, 0.5) is 13.2 Å². The largest absolute Gasteiger partial charge is 0.420 e. The Bertz CT molecular complexity index is 371. The molecule has 7 heteroatoms. The van der Waals surface area contributed by atoms with E-state index in [1.54, 1.807) is 20.8 Å². The lowest BCUT2D eigenvalue weighted by Crippen LogP contribution is -2.58. The second kappa shape index (κ2) is 7.41. The van der Waals surface area contributed by atoms with Gasteiger partial charge in [0, 0.05) is 0 Å². The van der Waals surface area contributed by atoms with Crippen LogP contribution < -0.4 is 4.72 Å². The highest BCUT2D eigenvalue weighted by Crippen LogP contribution is 2.35. The lowest BCUT2D eigenvalue weighted by atomic mass is 9.94. The van der Waals surface area contributed by atoms with E-state index in [1.165, 1.54) is 6.07 Å². The first-order chi connectivity index (χ1) is 9.00. The van der Waals surface area contributed by atoms with Gasteiger partial charge in [-0.05, 0) is 27.2 Å². The predicted octanol–water partition coefficient (Wildman–Crippen LogP) is 3.83. The minimum Gasteiger partial charge on any atom is -0.242 e. The van der Waals surface area contributed by atoms with E-state index in [0.717, 1.165) is 12.8 Å². The summed E-state index contributed by atoms with van der Waals surface area (Å²) in [4.78, 5) is 0. The van der Waals surface area contributed by atoms with Gasteiger partial charge in [-0.3, -0.25) is 0 Å². The van der Waals surface area contributed by atoms with E-state index in [2.05, 4.69) is 0 Å². The lowest BCUT2D eigenvalue weighted by molar-refractivity contribution is -0.175. The van der Waals surface area contributed by atoms with Gasteiger partial charge < -0.3 is 0 Å². The van der Waals surface area contributed by atoms with Crippen LogP contribution in [0.3, 0.4) is 0 Å². The van der Waals surface area contributed by atoms with Gasteiger partial charge in [0.05, 0.1) is 21.8 Å². The third-order valence-electron chi connectivity index (χ3n) is 2.90. The molecule has 0 saturated heterocycles. The Hall–Kier alpha value is -0.610. The Kier molecular flexibility index (Phi) is 7.19. The van der Waals surface area contributed by atoms with Gasteiger partial charge in [0.25, 0.3) is 0 Å². The fraction of sp³-hybridized carbons (Fsp3) is 0.923. The van der Waals surface area contributed by atoms with Crippen LogP contribution >= 0.6 is 0 Å². The van der Waals surface area contributed by atoms with Gasteiger partial charge in [-0.15, -0.1) is 0 Å². The first-order valence-electron chi connectivity index (χ1n) is 6.68. The summed E-state index contributed by atoms with van der Waals surface area (Å²) in [5.74, 6) is 0. The molecule has 0 radical (unpaired) electrons. The molecule has 0 fully saturated rings. The molecule has 1 unspecified atom stereocenters. The van der Waals surface area contributed by atoms with E-state index >= 15 is 0 Å². The minimum absolute atomic E-state index is 0.273. The molecular weight excluding hydrogens is 289 g/mol. The van der Waals surface area contributed by atoms with Gasteiger partial charge in [0.15, 0.2) is 0 Å². The van der Waals surface area contributed by atoms with Gasteiger partial charge in [0.2, 0.25) is 5.54 Å². The molecule has 0 bridgehead atoms. The van der Waals surface area contributed by atoms with Gasteiger partial charge in [-0.25, -0.2) is 8.93 Å². The maximum absolute atomic E-state index is 13.2. The van der Waals surface area contributed by atoms with E-state index in [-0.39, 0.29) is 12.8 Å². The first kappa shape index (κ1) is 19.4. The van der Waals surface area contributed by atoms with Crippen LogP contribution in [0.25, 0.3) is 0 Å². The van der Waals surface area contributed by atoms with Crippen molar-refractivity contribution >= 4 is 11.0 Å². The number of hydrogen-bond donors (Lipinski definition) is 1. The van der Waals surface area contributed by atoms with Crippen LogP contribution in [0, 0.1) is 11.3 Å². The van der Waals surface area contributed by atoms with Gasteiger partial charge in [-0.1, -0.05) is 32.6 Å². The topological polar surface area (TPSA) is 52.9 Å². The first-order valence-corrected chi connectivity index (χ1v) is 7.83. The van der Waals surface area contributed by atoms with Crippen LogP contribution in [0.1, 0.15) is 59.8 Å². The van der Waals surface area contributed by atoms with Crippen molar-refractivity contribution in [1.29, 1.82) is 5.26 Å². The van der Waals surface area contributed by atoms with Crippen molar-refractivity contribution in [2.75, 3.05) is 0 Å². The van der Waals surface area contributed by atoms with E-state index in [4.69, 9.17) is 5.26 Å². The average Bonchev–Trinajstić information content (AvgIpc) is 2.30. The second-order valence-electron chi connectivity index (χ2n) is 5.81. The number of nitrogens with one attached hydrogen (secondary N) is 1. The highest BCUT2D eigenvalue weighted by Gasteiger charge is 2.56. The third kappa shape index (κ3) is 5.41. The zero-order valence-corrected chi connectivity index (χ0v) is 13.2. The molecule has 118 valence electrons. The van der Waals surface area contributed by atoms with Crippen LogP contribution in [0.2, 0.25) is 0 Å². The summed E-state index contributed by atoms with van der Waals surface area (Å²) in [5.41, 5.74) is -2.74. The number of rotatable bonds is 7. The Morgan fingerprint density at radius 3 is 2.05 bits per heavy atom. The summed E-state index contributed by atoms with van der Waals surface area (Å²) in [6, 6.07) is 1.31. The average molecular weight is 312 g/mol. The fourth-order valence-corrected chi connectivity index (χ4v) is 2.41. The molecule has 2 atom stereocenters. The summed E-state index contributed by atoms with van der Waals surface area (Å²) in [6.07, 6.45) is -2.52. The molecule has 0 aromatic rings. The maximum Gasteiger partial charge on any atom is 0.420 e. The number of alkyl halides is 3. The highest BCUT2D eigenvalue weighted by atomic mass is 32.2. The van der Waals surface area contributed by atoms with Crippen LogP contribution in [0.5, 0.6) is 0 Å².